The zero-order valence-corrected chi connectivity index (χ0v) is 35.8. The Morgan fingerprint density at radius 2 is 1.25 bits per heavy atom. The van der Waals surface area contributed by atoms with Crippen molar-refractivity contribution in [2.45, 2.75) is 174 Å². The lowest BCUT2D eigenvalue weighted by Gasteiger charge is -2.70. The lowest BCUT2D eigenvalue weighted by molar-refractivity contribution is -0.371. The van der Waals surface area contributed by atoms with Gasteiger partial charge in [0.05, 0.1) is 11.5 Å². The summed E-state index contributed by atoms with van der Waals surface area (Å²) in [4.78, 5) is 51.3. The number of allylic oxidation sites excluding steroid dienone is 2. The molecule has 2 saturated heterocycles. The van der Waals surface area contributed by atoms with Crippen molar-refractivity contribution in [1.82, 2.24) is 12.3 Å². The molecule has 0 bridgehead atoms. The van der Waals surface area contributed by atoms with Gasteiger partial charge in [-0.1, -0.05) is 47.1 Å². The second-order valence-electron chi connectivity index (χ2n) is 20.6. The predicted molar refractivity (Wildman–Crippen MR) is 209 cm³/mol. The number of aliphatic hydroxyl groups is 5. The second-order valence-corrected chi connectivity index (χ2v) is 20.6. The molecule has 19 atom stereocenters. The fourth-order valence-electron chi connectivity index (χ4n) is 13.4. The first-order valence-electron chi connectivity index (χ1n) is 20.7. The average molecular weight is 857 g/mol. The zero-order chi connectivity index (χ0) is 42.9. The maximum atomic E-state index is 14.8. The molecule has 0 aromatic rings. The predicted octanol–water partition coefficient (Wildman–Crippen LogP) is 2.57. The van der Waals surface area contributed by atoms with Crippen LogP contribution in [0.15, 0.2) is 11.6 Å². The number of hydrogen-bond donors (Lipinski definition) is 10. The number of carboxylic acids is 3. The van der Waals surface area contributed by atoms with Crippen LogP contribution in [0.2, 0.25) is 0 Å². The van der Waals surface area contributed by atoms with Gasteiger partial charge in [0, 0.05) is 5.92 Å². The summed E-state index contributed by atoms with van der Waals surface area (Å²) < 4.78 is 23.4. The highest BCUT2D eigenvalue weighted by atomic mass is 16.8. The van der Waals surface area contributed by atoms with Gasteiger partial charge in [0.1, 0.15) is 36.6 Å². The van der Waals surface area contributed by atoms with Crippen molar-refractivity contribution in [3.8, 4) is 0 Å². The molecule has 6 fully saturated rings. The van der Waals surface area contributed by atoms with E-state index in [1.807, 2.05) is 26.8 Å². The number of hydrogen-bond acceptors (Lipinski definition) is 15. The fourth-order valence-corrected chi connectivity index (χ4v) is 13.4. The average Bonchev–Trinajstić information content (AvgIpc) is 3.13. The zero-order valence-electron chi connectivity index (χ0n) is 35.8. The van der Waals surface area contributed by atoms with Gasteiger partial charge < -0.3 is 72.1 Å². The summed E-state index contributed by atoms with van der Waals surface area (Å²) >= 11 is 0. The van der Waals surface area contributed by atoms with E-state index in [4.69, 9.17) is 18.9 Å². The summed E-state index contributed by atoms with van der Waals surface area (Å²) in [6.45, 7) is 14.8. The maximum absolute atomic E-state index is 14.8. The van der Waals surface area contributed by atoms with Crippen molar-refractivity contribution >= 4 is 23.7 Å². The van der Waals surface area contributed by atoms with Crippen LogP contribution in [-0.4, -0.2) is 132 Å². The number of ether oxygens (including phenoxy) is 4. The first kappa shape index (κ1) is 48.4. The first-order chi connectivity index (χ1) is 26.8. The summed E-state index contributed by atoms with van der Waals surface area (Å²) in [5.74, 6) is -4.47. The molecule has 18 heteroatoms. The van der Waals surface area contributed by atoms with Gasteiger partial charge in [-0.2, -0.15) is 0 Å². The summed E-state index contributed by atoms with van der Waals surface area (Å²) in [6, 6.07) is 0. The highest BCUT2D eigenvalue weighted by molar-refractivity contribution is 5.95. The smallest absolute Gasteiger partial charge is 0.335 e. The van der Waals surface area contributed by atoms with Gasteiger partial charge >= 0.3 is 17.9 Å². The Bertz CT molecular complexity index is 1740. The van der Waals surface area contributed by atoms with Crippen LogP contribution in [0.25, 0.3) is 0 Å². The molecule has 2 heterocycles. The molecule has 0 aromatic heterocycles. The molecule has 0 radical (unpaired) electrons. The third-order valence-electron chi connectivity index (χ3n) is 17.2. The minimum absolute atomic E-state index is 0. The van der Waals surface area contributed by atoms with Crippen molar-refractivity contribution in [2.75, 3.05) is 0 Å². The Balaban J connectivity index is 0.00000341. The number of aliphatic carboxylic acids is 3. The molecule has 60 heavy (non-hydrogen) atoms. The molecular formula is C42H68N2O16. The van der Waals surface area contributed by atoms with Gasteiger partial charge in [-0.25, -0.2) is 9.59 Å². The summed E-state index contributed by atoms with van der Waals surface area (Å²) in [5.41, 5.74) is -1.81. The maximum Gasteiger partial charge on any atom is 0.335 e. The molecule has 342 valence electrons. The van der Waals surface area contributed by atoms with Crippen LogP contribution in [-0.2, 0) is 38.1 Å². The van der Waals surface area contributed by atoms with E-state index in [-0.39, 0.29) is 46.7 Å². The minimum atomic E-state index is -2.05. The van der Waals surface area contributed by atoms with Crippen molar-refractivity contribution in [2.24, 2.45) is 50.2 Å². The van der Waals surface area contributed by atoms with E-state index in [0.29, 0.717) is 25.7 Å². The van der Waals surface area contributed by atoms with E-state index in [1.165, 1.54) is 0 Å². The number of carbonyl (C=O) groups excluding carboxylic acids is 1. The molecule has 0 spiro atoms. The van der Waals surface area contributed by atoms with E-state index < -0.39 is 107 Å². The van der Waals surface area contributed by atoms with Crippen LogP contribution < -0.4 is 12.3 Å². The van der Waals surface area contributed by atoms with Crippen molar-refractivity contribution in [3.63, 3.8) is 0 Å². The van der Waals surface area contributed by atoms with Crippen LogP contribution in [0.1, 0.15) is 106 Å². The van der Waals surface area contributed by atoms with E-state index in [1.54, 1.807) is 0 Å². The van der Waals surface area contributed by atoms with Crippen molar-refractivity contribution in [3.05, 3.63) is 11.6 Å². The van der Waals surface area contributed by atoms with Crippen molar-refractivity contribution in [1.29, 1.82) is 0 Å². The Labute approximate surface area is 350 Å². The third-order valence-corrected chi connectivity index (χ3v) is 17.2. The SMILES string of the molecule is CC1(C)[C@@H](O[C@@H]2O[C@H](C(=O)O)[C@@H](O)[C@H](O)[C@H]2O[C@@H]2O[C@H](C(=O)O)[C@@H](O)[C@H](O)[C@H]2O)CC[C@]2(C)[C@H]3C(=O)C=C4[C@@H]5C[C@@](C)(C(=O)O)CC[C@]5(C)CC[C@@]4(C)[C@]3(C)CC[C@@H]12.N.N. The van der Waals surface area contributed by atoms with Gasteiger partial charge in [0.25, 0.3) is 0 Å². The molecular weight excluding hydrogens is 788 g/mol. The second kappa shape index (κ2) is 15.9. The van der Waals surface area contributed by atoms with E-state index in [0.717, 1.165) is 37.7 Å². The quantitative estimate of drug-likeness (QED) is 0.164. The Kier molecular flexibility index (Phi) is 12.8. The Hall–Kier alpha value is -2.62. The lowest BCUT2D eigenvalue weighted by atomic mass is 9.33. The molecule has 7 rings (SSSR count). The number of fused-ring (bicyclic) bond motifs is 7. The normalized spacial score (nSPS) is 50.8. The third kappa shape index (κ3) is 6.96. The van der Waals surface area contributed by atoms with Gasteiger partial charge in [-0.05, 0) is 110 Å². The molecule has 14 N–H and O–H groups in total. The van der Waals surface area contributed by atoms with Crippen molar-refractivity contribution < 1.29 is 79.0 Å². The number of aliphatic hydroxyl groups excluding tert-OH is 5. The molecule has 5 aliphatic carbocycles. The molecule has 2 aliphatic heterocycles. The van der Waals surface area contributed by atoms with Gasteiger partial charge in [0.2, 0.25) is 0 Å². The molecule has 4 saturated carbocycles. The number of rotatable bonds is 7. The molecule has 0 amide bonds. The van der Waals surface area contributed by atoms with E-state index in [9.17, 15) is 60.0 Å². The van der Waals surface area contributed by atoms with Gasteiger partial charge in [-0.3, -0.25) is 9.59 Å². The molecule has 0 unspecified atom stereocenters. The number of ketones is 1. The molecule has 0 aromatic carbocycles. The Morgan fingerprint density at radius 3 is 1.83 bits per heavy atom. The van der Waals surface area contributed by atoms with Crippen LogP contribution in [0.4, 0.5) is 0 Å². The molecule has 18 nitrogen and oxygen atoms in total. The van der Waals surface area contributed by atoms with Gasteiger partial charge in [-0.15, -0.1) is 0 Å². The van der Waals surface area contributed by atoms with Gasteiger partial charge in [0.15, 0.2) is 30.6 Å². The summed E-state index contributed by atoms with van der Waals surface area (Å²) in [5, 5.41) is 83.0. The molecule has 7 aliphatic rings. The topological polar surface area (TPSA) is 337 Å². The monoisotopic (exact) mass is 856 g/mol. The number of carbonyl (C=O) groups is 4. The van der Waals surface area contributed by atoms with Crippen LogP contribution in [0.3, 0.4) is 0 Å². The number of carboxylic acid groups (broad SMARTS) is 3. The first-order valence-corrected chi connectivity index (χ1v) is 20.7. The summed E-state index contributed by atoms with van der Waals surface area (Å²) in [6.07, 6.45) is -12.2. The highest BCUT2D eigenvalue weighted by Crippen LogP contribution is 2.75. The van der Waals surface area contributed by atoms with Crippen LogP contribution in [0.5, 0.6) is 0 Å². The van der Waals surface area contributed by atoms with Crippen LogP contribution in [0, 0.1) is 50.2 Å². The Morgan fingerprint density at radius 1 is 0.683 bits per heavy atom. The minimum Gasteiger partial charge on any atom is -0.481 e. The fraction of sp³-hybridized carbons (Fsp3) is 0.857. The standard InChI is InChI=1S/C42H62O16.2H3N/c1-37(2)21-8-11-42(7)31(20(43)16-18-19-17-39(4,36(53)54)13-12-38(19,3)14-15-41(18,42)6)40(21,5)10-9-22(37)55-35-30(26(47)25(46)29(57-35)33(51)52)58-34-27(48)23(44)24(45)28(56-34)32(49)50;;/h16,19,21-31,34-35,44-48H,8-15,17H2,1-7H3,(H,49,50)(H,51,52)(H,53,54);2*1H3/t19-,21-,22-,23-,24-,25-,26-,27+,28-,29-,30+,31+,34-,35+,38+,39-,40-,41+,42+;;/m0../s1. The largest absolute Gasteiger partial charge is 0.481 e. The summed E-state index contributed by atoms with van der Waals surface area (Å²) in [7, 11) is 0. The van der Waals surface area contributed by atoms with E-state index in [2.05, 4.69) is 27.7 Å². The lowest BCUT2D eigenvalue weighted by Crippen LogP contribution is -2.68. The highest BCUT2D eigenvalue weighted by Gasteiger charge is 2.71. The van der Waals surface area contributed by atoms with E-state index >= 15 is 0 Å². The van der Waals surface area contributed by atoms with Crippen LogP contribution >= 0.6 is 0 Å².